The minimum Gasteiger partial charge on any atom is -0.347 e. The molecule has 1 N–H and O–H groups in total. The van der Waals surface area contributed by atoms with Crippen LogP contribution in [0.1, 0.15) is 20.8 Å². The highest BCUT2D eigenvalue weighted by molar-refractivity contribution is 7.20. The Bertz CT molecular complexity index is 957. The first-order valence-electron chi connectivity index (χ1n) is 7.95. The normalized spacial score (nSPS) is 10.9. The molecule has 0 saturated carbocycles. The Morgan fingerprint density at radius 2 is 1.88 bits per heavy atom. The fraction of sp³-hybridized carbons (Fsp3) is 0.105. The van der Waals surface area contributed by atoms with Crippen LogP contribution in [0.15, 0.2) is 67.3 Å². The molecule has 0 fully saturated rings. The molecule has 25 heavy (non-hydrogen) atoms. The SMILES string of the molecule is O=C(NCc1ccc(Cn2cncn2)cc1)c1cc2ccccc2s1. The van der Waals surface area contributed by atoms with Gasteiger partial charge in [-0.3, -0.25) is 4.79 Å². The van der Waals surface area contributed by atoms with Gasteiger partial charge in [0.05, 0.1) is 11.4 Å². The van der Waals surface area contributed by atoms with E-state index in [2.05, 4.69) is 15.4 Å². The lowest BCUT2D eigenvalue weighted by molar-refractivity contribution is 0.0955. The fourth-order valence-corrected chi connectivity index (χ4v) is 3.61. The molecule has 0 unspecified atom stereocenters. The molecule has 6 heteroatoms. The number of nitrogens with zero attached hydrogens (tertiary/aromatic N) is 3. The van der Waals surface area contributed by atoms with Gasteiger partial charge in [0.15, 0.2) is 0 Å². The molecular weight excluding hydrogens is 332 g/mol. The number of rotatable bonds is 5. The number of nitrogens with one attached hydrogen (secondary N) is 1. The van der Waals surface area contributed by atoms with Crippen molar-refractivity contribution in [3.63, 3.8) is 0 Å². The molecule has 2 heterocycles. The van der Waals surface area contributed by atoms with Gasteiger partial charge in [-0.15, -0.1) is 11.3 Å². The largest absolute Gasteiger partial charge is 0.347 e. The average molecular weight is 348 g/mol. The summed E-state index contributed by atoms with van der Waals surface area (Å²) in [4.78, 5) is 17.0. The lowest BCUT2D eigenvalue weighted by atomic mass is 10.1. The van der Waals surface area contributed by atoms with Crippen LogP contribution in [-0.2, 0) is 13.1 Å². The first kappa shape index (κ1) is 15.5. The molecule has 0 atom stereocenters. The minimum atomic E-state index is -0.0344. The van der Waals surface area contributed by atoms with Crippen molar-refractivity contribution in [1.29, 1.82) is 0 Å². The third-order valence-electron chi connectivity index (χ3n) is 3.94. The van der Waals surface area contributed by atoms with Crippen molar-refractivity contribution >= 4 is 27.3 Å². The molecule has 0 saturated heterocycles. The van der Waals surface area contributed by atoms with E-state index in [1.807, 2.05) is 54.6 Å². The maximum atomic E-state index is 12.3. The van der Waals surface area contributed by atoms with E-state index in [1.54, 1.807) is 11.0 Å². The van der Waals surface area contributed by atoms with Crippen LogP contribution in [0, 0.1) is 0 Å². The maximum Gasteiger partial charge on any atom is 0.261 e. The Kier molecular flexibility index (Phi) is 4.26. The summed E-state index contributed by atoms with van der Waals surface area (Å²) < 4.78 is 2.91. The smallest absolute Gasteiger partial charge is 0.261 e. The number of fused-ring (bicyclic) bond motifs is 1. The van der Waals surface area contributed by atoms with Gasteiger partial charge < -0.3 is 5.32 Å². The molecule has 0 aliphatic carbocycles. The maximum absolute atomic E-state index is 12.3. The third-order valence-corrected chi connectivity index (χ3v) is 5.05. The Morgan fingerprint density at radius 3 is 2.64 bits per heavy atom. The van der Waals surface area contributed by atoms with Crippen molar-refractivity contribution in [1.82, 2.24) is 20.1 Å². The van der Waals surface area contributed by atoms with Crippen LogP contribution in [0.4, 0.5) is 0 Å². The van der Waals surface area contributed by atoms with Gasteiger partial charge in [0.1, 0.15) is 12.7 Å². The van der Waals surface area contributed by atoms with Crippen molar-refractivity contribution in [2.45, 2.75) is 13.1 Å². The second-order valence-electron chi connectivity index (χ2n) is 5.74. The van der Waals surface area contributed by atoms with Crippen LogP contribution >= 0.6 is 11.3 Å². The molecule has 2 aromatic carbocycles. The van der Waals surface area contributed by atoms with Crippen molar-refractivity contribution < 1.29 is 4.79 Å². The molecule has 124 valence electrons. The average Bonchev–Trinajstić information content (AvgIpc) is 3.30. The number of aromatic nitrogens is 3. The van der Waals surface area contributed by atoms with Crippen molar-refractivity contribution in [3.8, 4) is 0 Å². The van der Waals surface area contributed by atoms with E-state index in [4.69, 9.17) is 0 Å². The summed E-state index contributed by atoms with van der Waals surface area (Å²) in [6, 6.07) is 18.1. The number of thiophene rings is 1. The van der Waals surface area contributed by atoms with E-state index in [1.165, 1.54) is 17.7 Å². The zero-order valence-corrected chi connectivity index (χ0v) is 14.2. The molecule has 4 aromatic rings. The summed E-state index contributed by atoms with van der Waals surface area (Å²) in [5, 5.41) is 8.19. The summed E-state index contributed by atoms with van der Waals surface area (Å²) in [7, 11) is 0. The number of amides is 1. The molecular formula is C19H16N4OS. The van der Waals surface area contributed by atoms with Crippen LogP contribution in [-0.4, -0.2) is 20.7 Å². The molecule has 0 aliphatic rings. The summed E-state index contributed by atoms with van der Waals surface area (Å²) in [6.45, 7) is 1.20. The van der Waals surface area contributed by atoms with E-state index in [0.29, 0.717) is 13.1 Å². The van der Waals surface area contributed by atoms with E-state index in [0.717, 1.165) is 26.1 Å². The quantitative estimate of drug-likeness (QED) is 0.601. The predicted octanol–water partition coefficient (Wildman–Crippen LogP) is 3.47. The topological polar surface area (TPSA) is 59.8 Å². The number of carbonyl (C=O) groups is 1. The molecule has 0 radical (unpaired) electrons. The van der Waals surface area contributed by atoms with Crippen molar-refractivity contribution in [3.05, 3.63) is 83.3 Å². The Labute approximate surface area is 149 Å². The van der Waals surface area contributed by atoms with Crippen LogP contribution in [0.3, 0.4) is 0 Å². The molecule has 5 nitrogen and oxygen atoms in total. The van der Waals surface area contributed by atoms with Crippen LogP contribution in [0.5, 0.6) is 0 Å². The van der Waals surface area contributed by atoms with Crippen molar-refractivity contribution in [2.75, 3.05) is 0 Å². The molecule has 0 bridgehead atoms. The van der Waals surface area contributed by atoms with Crippen molar-refractivity contribution in [2.24, 2.45) is 0 Å². The first-order chi connectivity index (χ1) is 12.3. The van der Waals surface area contributed by atoms with E-state index in [-0.39, 0.29) is 5.91 Å². The lowest BCUT2D eigenvalue weighted by Crippen LogP contribution is -2.21. The van der Waals surface area contributed by atoms with Gasteiger partial charge in [0, 0.05) is 11.2 Å². The van der Waals surface area contributed by atoms with E-state index in [9.17, 15) is 4.79 Å². The molecule has 2 aromatic heterocycles. The van der Waals surface area contributed by atoms with Gasteiger partial charge in [-0.2, -0.15) is 5.10 Å². The number of benzene rings is 2. The summed E-state index contributed by atoms with van der Waals surface area (Å²) in [5.74, 6) is -0.0344. The molecule has 1 amide bonds. The van der Waals surface area contributed by atoms with Gasteiger partial charge in [0.25, 0.3) is 5.91 Å². The Balaban J connectivity index is 1.38. The van der Waals surface area contributed by atoms with Gasteiger partial charge in [0.2, 0.25) is 0 Å². The fourth-order valence-electron chi connectivity index (χ4n) is 2.63. The second kappa shape index (κ2) is 6.86. The third kappa shape index (κ3) is 3.59. The van der Waals surface area contributed by atoms with Crippen LogP contribution < -0.4 is 5.32 Å². The molecule has 0 spiro atoms. The number of hydrogen-bond donors (Lipinski definition) is 1. The second-order valence-corrected chi connectivity index (χ2v) is 6.82. The van der Waals surface area contributed by atoms with Gasteiger partial charge in [-0.05, 0) is 28.6 Å². The zero-order valence-electron chi connectivity index (χ0n) is 13.4. The van der Waals surface area contributed by atoms with E-state index < -0.39 is 0 Å². The highest BCUT2D eigenvalue weighted by atomic mass is 32.1. The molecule has 0 aliphatic heterocycles. The summed E-state index contributed by atoms with van der Waals surface area (Å²) >= 11 is 1.52. The monoisotopic (exact) mass is 348 g/mol. The minimum absolute atomic E-state index is 0.0344. The summed E-state index contributed by atoms with van der Waals surface area (Å²) in [5.41, 5.74) is 2.21. The standard InChI is InChI=1S/C19H16N4OS/c24-19(18-9-16-3-1-2-4-17(16)25-18)21-10-14-5-7-15(8-6-14)11-23-13-20-12-22-23/h1-9,12-13H,10-11H2,(H,21,24). The van der Waals surface area contributed by atoms with Gasteiger partial charge in [-0.1, -0.05) is 42.5 Å². The van der Waals surface area contributed by atoms with Gasteiger partial charge in [-0.25, -0.2) is 9.67 Å². The summed E-state index contributed by atoms with van der Waals surface area (Å²) in [6.07, 6.45) is 3.22. The zero-order chi connectivity index (χ0) is 17.1. The first-order valence-corrected chi connectivity index (χ1v) is 8.76. The van der Waals surface area contributed by atoms with Crippen LogP contribution in [0.25, 0.3) is 10.1 Å². The highest BCUT2D eigenvalue weighted by Crippen LogP contribution is 2.25. The number of carbonyl (C=O) groups excluding carboxylic acids is 1. The Morgan fingerprint density at radius 1 is 1.08 bits per heavy atom. The molecule has 4 rings (SSSR count). The van der Waals surface area contributed by atoms with Gasteiger partial charge >= 0.3 is 0 Å². The Hall–Kier alpha value is -2.99. The predicted molar refractivity (Wildman–Crippen MR) is 98.6 cm³/mol. The lowest BCUT2D eigenvalue weighted by Gasteiger charge is -2.06. The number of hydrogen-bond acceptors (Lipinski definition) is 4. The van der Waals surface area contributed by atoms with E-state index >= 15 is 0 Å². The van der Waals surface area contributed by atoms with Crippen LogP contribution in [0.2, 0.25) is 0 Å². The highest BCUT2D eigenvalue weighted by Gasteiger charge is 2.09.